The van der Waals surface area contributed by atoms with E-state index in [2.05, 4.69) is 5.32 Å². The molecule has 0 aliphatic heterocycles. The molecule has 2 amide bonds. The normalized spacial score (nSPS) is 14.1. The molecule has 1 saturated carbocycles. The highest BCUT2D eigenvalue weighted by atomic mass is 35.5. The lowest BCUT2D eigenvalue weighted by Gasteiger charge is -2.35. The molecule has 5 rings (SSSR count). The number of amides is 2. The molecule has 1 aliphatic rings. The van der Waals surface area contributed by atoms with E-state index in [1.165, 1.54) is 29.2 Å². The Labute approximate surface area is 299 Å². The first-order valence-corrected chi connectivity index (χ1v) is 18.7. The average Bonchev–Trinajstić information content (AvgIpc) is 3.11. The molecule has 11 heteroatoms. The Bertz CT molecular complexity index is 1800. The number of carbonyl (C=O) groups excluding carboxylic acids is 2. The number of carbonyl (C=O) groups is 2. The zero-order valence-corrected chi connectivity index (χ0v) is 29.8. The van der Waals surface area contributed by atoms with Crippen molar-refractivity contribution in [1.82, 2.24) is 10.2 Å². The van der Waals surface area contributed by atoms with E-state index >= 15 is 0 Å². The highest BCUT2D eigenvalue weighted by molar-refractivity contribution is 7.92. The summed E-state index contributed by atoms with van der Waals surface area (Å²) < 4.78 is 35.6. The van der Waals surface area contributed by atoms with Gasteiger partial charge in [-0.05, 0) is 79.4 Å². The number of hydrogen-bond donors (Lipinski definition) is 1. The third-order valence-electron chi connectivity index (χ3n) is 8.60. The molecule has 1 N–H and O–H groups in total. The lowest BCUT2D eigenvalue weighted by Crippen LogP contribution is -2.55. The van der Waals surface area contributed by atoms with E-state index in [0.717, 1.165) is 47.5 Å². The van der Waals surface area contributed by atoms with Crippen LogP contribution in [0.3, 0.4) is 0 Å². The number of hydrogen-bond acceptors (Lipinski definition) is 5. The van der Waals surface area contributed by atoms with Crippen molar-refractivity contribution in [1.29, 1.82) is 0 Å². The number of para-hydroxylation sites is 2. The Morgan fingerprint density at radius 3 is 2.08 bits per heavy atom. The molecule has 0 aromatic heterocycles. The number of halogens is 2. The molecule has 4 aromatic carbocycles. The van der Waals surface area contributed by atoms with Crippen molar-refractivity contribution in [2.75, 3.05) is 17.5 Å². The summed E-state index contributed by atoms with van der Waals surface area (Å²) in [6.07, 6.45) is 5.16. The van der Waals surface area contributed by atoms with Crippen molar-refractivity contribution >= 4 is 50.7 Å². The molecular formula is C38H41Cl2N3O5S. The van der Waals surface area contributed by atoms with Gasteiger partial charge in [0.25, 0.3) is 10.0 Å². The van der Waals surface area contributed by atoms with Gasteiger partial charge in [0.1, 0.15) is 18.3 Å². The van der Waals surface area contributed by atoms with Gasteiger partial charge in [-0.15, -0.1) is 0 Å². The van der Waals surface area contributed by atoms with Gasteiger partial charge >= 0.3 is 0 Å². The minimum Gasteiger partial charge on any atom is -0.492 e. The Kier molecular flexibility index (Phi) is 12.6. The maximum Gasteiger partial charge on any atom is 0.264 e. The average molecular weight is 723 g/mol. The molecule has 0 unspecified atom stereocenters. The molecule has 8 nitrogen and oxygen atoms in total. The third kappa shape index (κ3) is 9.56. The quantitative estimate of drug-likeness (QED) is 0.144. The molecule has 258 valence electrons. The van der Waals surface area contributed by atoms with Gasteiger partial charge in [0.05, 0.1) is 17.2 Å². The zero-order valence-electron chi connectivity index (χ0n) is 27.4. The number of ether oxygens (including phenoxy) is 1. The Morgan fingerprint density at radius 2 is 1.43 bits per heavy atom. The lowest BCUT2D eigenvalue weighted by atomic mass is 9.94. The van der Waals surface area contributed by atoms with E-state index in [9.17, 15) is 18.0 Å². The summed E-state index contributed by atoms with van der Waals surface area (Å²) >= 11 is 12.3. The first-order valence-electron chi connectivity index (χ1n) is 16.5. The molecule has 1 atom stereocenters. The molecule has 4 aromatic rings. The van der Waals surface area contributed by atoms with Crippen LogP contribution in [-0.2, 0) is 32.6 Å². The SMILES string of the molecule is CCOc1ccccc1N(CC(=O)N(Cc1ccc(Cl)cc1)[C@H](Cc1ccccc1)C(=O)NC1CCCCC1)S(=O)(=O)c1ccc(Cl)cc1. The predicted molar refractivity (Wildman–Crippen MR) is 195 cm³/mol. The fourth-order valence-corrected chi connectivity index (χ4v) is 7.75. The standard InChI is InChI=1S/C38H41Cl2N3O5S/c1-2-48-36-16-10-9-15-34(36)43(49(46,47)33-23-21-31(40)22-24-33)27-37(44)42(26-29-17-19-30(39)20-18-29)35(25-28-11-5-3-6-12-28)38(45)41-32-13-7-4-8-14-32/h3,5-6,9-12,15-24,32,35H,2,4,7-8,13-14,25-27H2,1H3,(H,41,45)/t35-/m1/s1. The maximum absolute atomic E-state index is 14.8. The largest absolute Gasteiger partial charge is 0.492 e. The van der Waals surface area contributed by atoms with Gasteiger partial charge in [0.2, 0.25) is 11.8 Å². The van der Waals surface area contributed by atoms with Crippen LogP contribution in [0.25, 0.3) is 0 Å². The molecule has 49 heavy (non-hydrogen) atoms. The van der Waals surface area contributed by atoms with E-state index in [1.54, 1.807) is 55.5 Å². The number of nitrogens with one attached hydrogen (secondary N) is 1. The maximum atomic E-state index is 14.8. The lowest BCUT2D eigenvalue weighted by molar-refractivity contribution is -0.140. The van der Waals surface area contributed by atoms with Gasteiger partial charge in [-0.2, -0.15) is 0 Å². The fraction of sp³-hybridized carbons (Fsp3) is 0.316. The third-order valence-corrected chi connectivity index (χ3v) is 10.9. The van der Waals surface area contributed by atoms with Gasteiger partial charge in [-0.3, -0.25) is 13.9 Å². The number of sulfonamides is 1. The van der Waals surface area contributed by atoms with Crippen LogP contribution >= 0.6 is 23.2 Å². The van der Waals surface area contributed by atoms with Crippen molar-refractivity contribution in [3.8, 4) is 5.75 Å². The molecule has 0 saturated heterocycles. The fourth-order valence-electron chi connectivity index (χ4n) is 6.07. The molecule has 1 fully saturated rings. The van der Waals surface area contributed by atoms with Gasteiger partial charge in [0, 0.05) is 29.1 Å². The van der Waals surface area contributed by atoms with Gasteiger partial charge in [-0.1, -0.05) is 97.1 Å². The Hall–Kier alpha value is -4.05. The van der Waals surface area contributed by atoms with Crippen LogP contribution < -0.4 is 14.4 Å². The molecular weight excluding hydrogens is 681 g/mol. The second-order valence-corrected chi connectivity index (χ2v) is 14.8. The van der Waals surface area contributed by atoms with Crippen molar-refractivity contribution in [2.24, 2.45) is 0 Å². The second kappa shape index (κ2) is 17.1. The van der Waals surface area contributed by atoms with Crippen LogP contribution in [0, 0.1) is 0 Å². The summed E-state index contributed by atoms with van der Waals surface area (Å²) in [5, 5.41) is 4.13. The van der Waals surface area contributed by atoms with E-state index in [0.29, 0.717) is 15.8 Å². The van der Waals surface area contributed by atoms with E-state index in [-0.39, 0.29) is 42.1 Å². The van der Waals surface area contributed by atoms with Gasteiger partial charge in [-0.25, -0.2) is 8.42 Å². The van der Waals surface area contributed by atoms with Crippen LogP contribution in [0.2, 0.25) is 10.0 Å². The number of nitrogens with zero attached hydrogens (tertiary/aromatic N) is 2. The van der Waals surface area contributed by atoms with E-state index in [1.807, 2.05) is 30.3 Å². The molecule has 0 radical (unpaired) electrons. The van der Waals surface area contributed by atoms with Crippen molar-refractivity contribution < 1.29 is 22.7 Å². The van der Waals surface area contributed by atoms with Gasteiger partial charge < -0.3 is 15.0 Å². The summed E-state index contributed by atoms with van der Waals surface area (Å²) in [4.78, 5) is 30.5. The Balaban J connectivity index is 1.59. The molecule has 1 aliphatic carbocycles. The highest BCUT2D eigenvalue weighted by Crippen LogP contribution is 2.33. The minimum absolute atomic E-state index is 0.00635. The highest BCUT2D eigenvalue weighted by Gasteiger charge is 2.36. The van der Waals surface area contributed by atoms with Crippen LogP contribution in [0.15, 0.2) is 108 Å². The van der Waals surface area contributed by atoms with Gasteiger partial charge in [0.15, 0.2) is 0 Å². The molecule has 0 heterocycles. The molecule has 0 spiro atoms. The van der Waals surface area contributed by atoms with E-state index < -0.39 is 28.5 Å². The van der Waals surface area contributed by atoms with Crippen LogP contribution in [0.5, 0.6) is 5.75 Å². The monoisotopic (exact) mass is 721 g/mol. The minimum atomic E-state index is -4.32. The summed E-state index contributed by atoms with van der Waals surface area (Å²) in [5.41, 5.74) is 1.81. The van der Waals surface area contributed by atoms with Crippen molar-refractivity contribution in [2.45, 2.75) is 69.0 Å². The first kappa shape index (κ1) is 36.2. The summed E-state index contributed by atoms with van der Waals surface area (Å²) in [5.74, 6) is -0.533. The number of benzene rings is 4. The van der Waals surface area contributed by atoms with Crippen LogP contribution in [0.1, 0.15) is 50.2 Å². The second-order valence-electron chi connectivity index (χ2n) is 12.1. The number of anilines is 1. The predicted octanol–water partition coefficient (Wildman–Crippen LogP) is 7.68. The van der Waals surface area contributed by atoms with Crippen molar-refractivity contribution in [3.05, 3.63) is 124 Å². The van der Waals surface area contributed by atoms with Crippen LogP contribution in [0.4, 0.5) is 5.69 Å². The topological polar surface area (TPSA) is 96.0 Å². The van der Waals surface area contributed by atoms with Crippen molar-refractivity contribution in [3.63, 3.8) is 0 Å². The summed E-state index contributed by atoms with van der Waals surface area (Å²) in [7, 11) is -4.32. The smallest absolute Gasteiger partial charge is 0.264 e. The van der Waals surface area contributed by atoms with Crippen LogP contribution in [-0.4, -0.2) is 50.4 Å². The van der Waals surface area contributed by atoms with E-state index in [4.69, 9.17) is 27.9 Å². The Morgan fingerprint density at radius 1 is 0.816 bits per heavy atom. The first-order chi connectivity index (χ1) is 23.7. The zero-order chi connectivity index (χ0) is 34.8. The summed E-state index contributed by atoms with van der Waals surface area (Å²) in [6.45, 7) is 1.54. The molecule has 0 bridgehead atoms. The summed E-state index contributed by atoms with van der Waals surface area (Å²) in [6, 6.07) is 28.1. The number of rotatable bonds is 14.